The maximum absolute atomic E-state index is 10.7. The number of hydrogen-bond acceptors (Lipinski definition) is 4. The maximum Gasteiger partial charge on any atom is 0.336 e. The minimum absolute atomic E-state index is 0.159. The third kappa shape index (κ3) is 5.43. The average molecular weight is 240 g/mol. The Hall–Kier alpha value is -0.210. The smallest absolute Gasteiger partial charge is 0.336 e. The Morgan fingerprint density at radius 3 is 2.60 bits per heavy atom. The molecule has 0 aliphatic carbocycles. The van der Waals surface area contributed by atoms with Crippen LogP contribution in [0.15, 0.2) is 0 Å². The van der Waals surface area contributed by atoms with Crippen LogP contribution in [0.3, 0.4) is 0 Å². The molecule has 1 aliphatic rings. The molecule has 0 aromatic carbocycles. The van der Waals surface area contributed by atoms with Gasteiger partial charge in [0, 0.05) is 19.7 Å². The van der Waals surface area contributed by atoms with Crippen molar-refractivity contribution in [2.75, 3.05) is 26.2 Å². The van der Waals surface area contributed by atoms with Crippen molar-refractivity contribution in [2.24, 2.45) is 0 Å². The van der Waals surface area contributed by atoms with Crippen molar-refractivity contribution in [1.29, 1.82) is 0 Å². The molecule has 1 saturated heterocycles. The first-order valence-corrected chi connectivity index (χ1v) is 6.51. The first-order chi connectivity index (χ1) is 7.04. The normalized spacial score (nSPS) is 23.1. The lowest BCUT2D eigenvalue weighted by atomic mass is 10.4. The summed E-state index contributed by atoms with van der Waals surface area (Å²) in [4.78, 5) is 0. The van der Waals surface area contributed by atoms with Crippen LogP contribution in [0.1, 0.15) is 20.8 Å². The Kier molecular flexibility index (Phi) is 7.03. The van der Waals surface area contributed by atoms with Crippen LogP contribution in [0.5, 0.6) is 0 Å². The highest BCUT2D eigenvalue weighted by Gasteiger charge is 2.26. The van der Waals surface area contributed by atoms with E-state index in [1.807, 2.05) is 20.8 Å². The molecule has 0 bridgehead atoms. The summed E-state index contributed by atoms with van der Waals surface area (Å²) in [7, 11) is -4.06. The molecule has 92 valence electrons. The molecule has 1 heterocycles. The lowest BCUT2D eigenvalue weighted by Crippen LogP contribution is -2.53. The lowest BCUT2D eigenvalue weighted by Gasteiger charge is -2.30. The molecule has 1 fully saturated rings. The molecule has 15 heavy (non-hydrogen) atoms. The van der Waals surface area contributed by atoms with Gasteiger partial charge in [0.25, 0.3) is 0 Å². The second kappa shape index (κ2) is 7.13. The minimum atomic E-state index is -4.06. The third-order valence-corrected chi connectivity index (χ3v) is 2.78. The molecule has 0 spiro atoms. The van der Waals surface area contributed by atoms with E-state index in [1.54, 1.807) is 0 Å². The third-order valence-electron chi connectivity index (χ3n) is 1.80. The van der Waals surface area contributed by atoms with Gasteiger partial charge in [-0.1, -0.05) is 13.8 Å². The monoisotopic (exact) mass is 240 g/mol. The first-order valence-electron chi connectivity index (χ1n) is 5.11. The predicted molar refractivity (Wildman–Crippen MR) is 57.9 cm³/mol. The molecule has 7 heteroatoms. The highest BCUT2D eigenvalue weighted by molar-refractivity contribution is 7.83. The molecule has 0 amide bonds. The summed E-state index contributed by atoms with van der Waals surface area (Å²) in [5.41, 5.74) is 0. The van der Waals surface area contributed by atoms with E-state index in [9.17, 15) is 8.42 Å². The van der Waals surface area contributed by atoms with Crippen LogP contribution >= 0.6 is 0 Å². The van der Waals surface area contributed by atoms with Crippen LogP contribution < -0.4 is 5.32 Å². The van der Waals surface area contributed by atoms with Crippen LogP contribution in [0.4, 0.5) is 0 Å². The number of nitrogens with one attached hydrogen (secondary N) is 1. The van der Waals surface area contributed by atoms with Gasteiger partial charge in [0.1, 0.15) is 6.23 Å². The fourth-order valence-electron chi connectivity index (χ4n) is 1.21. The van der Waals surface area contributed by atoms with Gasteiger partial charge in [0.15, 0.2) is 0 Å². The van der Waals surface area contributed by atoms with Crippen molar-refractivity contribution in [2.45, 2.75) is 27.0 Å². The number of rotatable bonds is 3. The van der Waals surface area contributed by atoms with Gasteiger partial charge in [-0.25, -0.2) is 0 Å². The maximum atomic E-state index is 10.7. The number of piperazine rings is 1. The van der Waals surface area contributed by atoms with Crippen LogP contribution in [-0.2, 0) is 15.0 Å². The van der Waals surface area contributed by atoms with Crippen LogP contribution in [0.25, 0.3) is 0 Å². The zero-order chi connectivity index (χ0) is 11.9. The molecule has 1 unspecified atom stereocenters. The Morgan fingerprint density at radius 1 is 1.53 bits per heavy atom. The van der Waals surface area contributed by atoms with Crippen molar-refractivity contribution >= 4 is 10.3 Å². The molecule has 0 aromatic rings. The first kappa shape index (κ1) is 14.8. The molecular formula is C8H20N2O4S. The standard InChI is InChI=1S/C6H14N2O4S.C2H6/c1-2-12-6-5-8(4-3-7-6)13(9,10)11;1-2/h6-7H,2-5H2,1H3,(H,9,10,11);1-2H3. The Balaban J connectivity index is 0.000000921. The highest BCUT2D eigenvalue weighted by atomic mass is 32.2. The van der Waals surface area contributed by atoms with Crippen molar-refractivity contribution in [1.82, 2.24) is 9.62 Å². The van der Waals surface area contributed by atoms with Gasteiger partial charge in [0.05, 0.1) is 6.54 Å². The molecule has 2 N–H and O–H groups in total. The van der Waals surface area contributed by atoms with Gasteiger partial charge in [-0.3, -0.25) is 9.87 Å². The quantitative estimate of drug-likeness (QED) is 0.683. The molecule has 0 saturated carbocycles. The topological polar surface area (TPSA) is 78.9 Å². The van der Waals surface area contributed by atoms with Gasteiger partial charge >= 0.3 is 10.3 Å². The number of ether oxygens (including phenoxy) is 1. The largest absolute Gasteiger partial charge is 0.362 e. The summed E-state index contributed by atoms with van der Waals surface area (Å²) >= 11 is 0. The minimum Gasteiger partial charge on any atom is -0.362 e. The molecule has 1 atom stereocenters. The molecule has 1 aliphatic heterocycles. The molecular weight excluding hydrogens is 220 g/mol. The van der Waals surface area contributed by atoms with Gasteiger partial charge in [-0.05, 0) is 6.92 Å². The summed E-state index contributed by atoms with van der Waals surface area (Å²) in [5.74, 6) is 0. The highest BCUT2D eigenvalue weighted by Crippen LogP contribution is 2.04. The summed E-state index contributed by atoms with van der Waals surface area (Å²) < 4.78 is 36.4. The summed E-state index contributed by atoms with van der Waals surface area (Å²) in [6.07, 6.45) is -0.319. The van der Waals surface area contributed by atoms with E-state index >= 15 is 0 Å². The molecule has 0 aromatic heterocycles. The summed E-state index contributed by atoms with van der Waals surface area (Å²) in [6.45, 7) is 7.27. The van der Waals surface area contributed by atoms with Crippen molar-refractivity contribution in [3.63, 3.8) is 0 Å². The van der Waals surface area contributed by atoms with Gasteiger partial charge < -0.3 is 4.74 Å². The van der Waals surface area contributed by atoms with Crippen LogP contribution in [0.2, 0.25) is 0 Å². The molecule has 0 radical (unpaired) electrons. The Morgan fingerprint density at radius 2 is 2.13 bits per heavy atom. The zero-order valence-electron chi connectivity index (χ0n) is 9.43. The predicted octanol–water partition coefficient (Wildman–Crippen LogP) is 0.0832. The van der Waals surface area contributed by atoms with E-state index in [0.29, 0.717) is 13.2 Å². The summed E-state index contributed by atoms with van der Waals surface area (Å²) in [5, 5.41) is 2.98. The molecule has 1 rings (SSSR count). The second-order valence-electron chi connectivity index (χ2n) is 2.73. The fourth-order valence-corrected chi connectivity index (χ4v) is 1.86. The van der Waals surface area contributed by atoms with Crippen molar-refractivity contribution in [3.05, 3.63) is 0 Å². The van der Waals surface area contributed by atoms with Gasteiger partial charge in [-0.15, -0.1) is 0 Å². The Bertz CT molecular complexity index is 253. The van der Waals surface area contributed by atoms with E-state index in [-0.39, 0.29) is 19.3 Å². The van der Waals surface area contributed by atoms with E-state index in [0.717, 1.165) is 4.31 Å². The van der Waals surface area contributed by atoms with E-state index in [1.165, 1.54) is 0 Å². The summed E-state index contributed by atoms with van der Waals surface area (Å²) in [6, 6.07) is 0. The second-order valence-corrected chi connectivity index (χ2v) is 4.15. The van der Waals surface area contributed by atoms with Gasteiger partial charge in [0.2, 0.25) is 0 Å². The number of hydrogen-bond donors (Lipinski definition) is 2. The van der Waals surface area contributed by atoms with E-state index < -0.39 is 10.3 Å². The van der Waals surface area contributed by atoms with Crippen LogP contribution in [-0.4, -0.2) is 49.7 Å². The van der Waals surface area contributed by atoms with Gasteiger partial charge in [-0.2, -0.15) is 12.7 Å². The van der Waals surface area contributed by atoms with Crippen molar-refractivity contribution < 1.29 is 17.7 Å². The average Bonchev–Trinajstić information content (AvgIpc) is 2.21. The van der Waals surface area contributed by atoms with Crippen molar-refractivity contribution in [3.8, 4) is 0 Å². The lowest BCUT2D eigenvalue weighted by molar-refractivity contribution is 0.00910. The zero-order valence-corrected chi connectivity index (χ0v) is 10.2. The van der Waals surface area contributed by atoms with Crippen LogP contribution in [0, 0.1) is 0 Å². The molecule has 6 nitrogen and oxygen atoms in total. The fraction of sp³-hybridized carbons (Fsp3) is 1.00. The van der Waals surface area contributed by atoms with E-state index in [2.05, 4.69) is 5.32 Å². The van der Waals surface area contributed by atoms with E-state index in [4.69, 9.17) is 9.29 Å². The Labute approximate surface area is 91.5 Å². The number of nitrogens with zero attached hydrogens (tertiary/aromatic N) is 1. The SMILES string of the molecule is CC.CCOC1CN(S(=O)(=O)O)CCN1.